The number of benzene rings is 1. The zero-order chi connectivity index (χ0) is 17.9. The summed E-state index contributed by atoms with van der Waals surface area (Å²) in [5.74, 6) is -1.63. The number of amides is 1. The molecule has 1 atom stereocenters. The maximum atomic E-state index is 12.7. The molecule has 1 aromatic carbocycles. The number of aryl methyl sites for hydroxylation is 1. The molecule has 1 amide bonds. The summed E-state index contributed by atoms with van der Waals surface area (Å²) in [5, 5.41) is 9.01. The number of aliphatic carboxylic acids is 1. The number of carboxylic acids is 1. The van der Waals surface area contributed by atoms with E-state index in [4.69, 9.17) is 5.11 Å². The maximum Gasteiger partial charge on any atom is 0.308 e. The van der Waals surface area contributed by atoms with E-state index in [9.17, 15) is 9.59 Å². The van der Waals surface area contributed by atoms with Crippen LogP contribution in [0.4, 0.5) is 0 Å². The second kappa shape index (κ2) is 7.34. The van der Waals surface area contributed by atoms with E-state index < -0.39 is 11.9 Å². The monoisotopic (exact) mass is 328 g/mol. The lowest BCUT2D eigenvalue weighted by Crippen LogP contribution is -2.33. The molecule has 0 aliphatic rings. The van der Waals surface area contributed by atoms with Crippen LogP contribution in [0.25, 0.3) is 0 Å². The van der Waals surface area contributed by atoms with Crippen LogP contribution in [0.2, 0.25) is 0 Å². The fraction of sp³-hybridized carbons (Fsp3) is 0.368. The minimum absolute atomic E-state index is 0.143. The van der Waals surface area contributed by atoms with Crippen molar-refractivity contribution in [1.82, 2.24) is 9.47 Å². The van der Waals surface area contributed by atoms with E-state index in [-0.39, 0.29) is 12.5 Å². The molecule has 0 saturated heterocycles. The van der Waals surface area contributed by atoms with Crippen molar-refractivity contribution in [1.29, 1.82) is 0 Å². The van der Waals surface area contributed by atoms with Gasteiger partial charge in [0.15, 0.2) is 0 Å². The average Bonchev–Trinajstić information content (AvgIpc) is 2.83. The zero-order valence-electron chi connectivity index (χ0n) is 14.6. The van der Waals surface area contributed by atoms with Crippen LogP contribution >= 0.6 is 0 Å². The molecule has 0 fully saturated rings. The standard InChI is InChI=1S/C19H24N2O3/c1-13(19(23)24)11-20(4)18(22)17-10-14(2)21(15(17)3)12-16-8-6-5-7-9-16/h5-10,13H,11-12H2,1-4H3,(H,23,24). The van der Waals surface area contributed by atoms with Gasteiger partial charge in [-0.3, -0.25) is 9.59 Å². The van der Waals surface area contributed by atoms with Gasteiger partial charge in [-0.2, -0.15) is 0 Å². The Morgan fingerprint density at radius 1 is 1.21 bits per heavy atom. The van der Waals surface area contributed by atoms with Crippen LogP contribution in [0.3, 0.4) is 0 Å². The molecule has 2 rings (SSSR count). The molecule has 0 radical (unpaired) electrons. The summed E-state index contributed by atoms with van der Waals surface area (Å²) in [6.45, 7) is 6.41. The van der Waals surface area contributed by atoms with Gasteiger partial charge >= 0.3 is 5.97 Å². The number of carbonyl (C=O) groups excluding carboxylic acids is 1. The number of hydrogen-bond donors (Lipinski definition) is 1. The first-order valence-electron chi connectivity index (χ1n) is 8.00. The summed E-state index contributed by atoms with van der Waals surface area (Å²) >= 11 is 0. The molecular formula is C19H24N2O3. The van der Waals surface area contributed by atoms with Crippen molar-refractivity contribution in [2.75, 3.05) is 13.6 Å². The smallest absolute Gasteiger partial charge is 0.308 e. The molecular weight excluding hydrogens is 304 g/mol. The van der Waals surface area contributed by atoms with Crippen LogP contribution in [0.15, 0.2) is 36.4 Å². The molecule has 2 aromatic rings. The SMILES string of the molecule is Cc1cc(C(=O)N(C)CC(C)C(=O)O)c(C)n1Cc1ccccc1. The first-order valence-corrected chi connectivity index (χ1v) is 8.00. The van der Waals surface area contributed by atoms with Gasteiger partial charge in [0.2, 0.25) is 0 Å². The highest BCUT2D eigenvalue weighted by molar-refractivity contribution is 5.95. The molecule has 1 unspecified atom stereocenters. The van der Waals surface area contributed by atoms with Crippen molar-refractivity contribution in [3.05, 3.63) is 58.9 Å². The molecule has 0 bridgehead atoms. The second-order valence-corrected chi connectivity index (χ2v) is 6.28. The first-order chi connectivity index (χ1) is 11.3. The van der Waals surface area contributed by atoms with Crippen LogP contribution in [-0.4, -0.2) is 40.0 Å². The average molecular weight is 328 g/mol. The van der Waals surface area contributed by atoms with Crippen molar-refractivity contribution in [3.63, 3.8) is 0 Å². The molecule has 0 aliphatic heterocycles. The van der Waals surface area contributed by atoms with Crippen molar-refractivity contribution in [2.24, 2.45) is 5.92 Å². The molecule has 1 aromatic heterocycles. The van der Waals surface area contributed by atoms with E-state index in [1.807, 2.05) is 38.1 Å². The third-order valence-corrected chi connectivity index (χ3v) is 4.30. The van der Waals surface area contributed by atoms with Crippen molar-refractivity contribution >= 4 is 11.9 Å². The molecule has 5 heteroatoms. The number of carbonyl (C=O) groups is 2. The Morgan fingerprint density at radius 2 is 1.83 bits per heavy atom. The van der Waals surface area contributed by atoms with Gasteiger partial charge in [0.05, 0.1) is 11.5 Å². The lowest BCUT2D eigenvalue weighted by Gasteiger charge is -2.19. The molecule has 128 valence electrons. The Morgan fingerprint density at radius 3 is 2.42 bits per heavy atom. The summed E-state index contributed by atoms with van der Waals surface area (Å²) in [7, 11) is 1.64. The van der Waals surface area contributed by atoms with E-state index in [2.05, 4.69) is 16.7 Å². The molecule has 0 spiro atoms. The van der Waals surface area contributed by atoms with Gasteiger partial charge in [0.1, 0.15) is 0 Å². The summed E-state index contributed by atoms with van der Waals surface area (Å²) in [6, 6.07) is 12.0. The maximum absolute atomic E-state index is 12.7. The predicted octanol–water partition coefficient (Wildman–Crippen LogP) is 2.95. The Hall–Kier alpha value is -2.56. The summed E-state index contributed by atoms with van der Waals surface area (Å²) in [4.78, 5) is 25.1. The fourth-order valence-electron chi connectivity index (χ4n) is 2.80. The number of carboxylic acid groups (broad SMARTS) is 1. The Labute approximate surface area is 142 Å². The molecule has 0 aliphatic carbocycles. The summed E-state index contributed by atoms with van der Waals surface area (Å²) < 4.78 is 2.11. The Kier molecular flexibility index (Phi) is 5.44. The van der Waals surface area contributed by atoms with Crippen molar-refractivity contribution < 1.29 is 14.7 Å². The largest absolute Gasteiger partial charge is 0.481 e. The Balaban J connectivity index is 2.21. The molecule has 5 nitrogen and oxygen atoms in total. The van der Waals surface area contributed by atoms with E-state index >= 15 is 0 Å². The second-order valence-electron chi connectivity index (χ2n) is 6.28. The van der Waals surface area contributed by atoms with Gasteiger partial charge in [-0.05, 0) is 25.5 Å². The van der Waals surface area contributed by atoms with Crippen LogP contribution in [-0.2, 0) is 11.3 Å². The molecule has 1 N–H and O–H groups in total. The summed E-state index contributed by atoms with van der Waals surface area (Å²) in [6.07, 6.45) is 0. The first kappa shape index (κ1) is 17.8. The van der Waals surface area contributed by atoms with Gasteiger partial charge in [-0.25, -0.2) is 0 Å². The molecule has 0 saturated carbocycles. The van der Waals surface area contributed by atoms with Gasteiger partial charge < -0.3 is 14.6 Å². The number of nitrogens with zero attached hydrogens (tertiary/aromatic N) is 2. The molecule has 24 heavy (non-hydrogen) atoms. The third-order valence-electron chi connectivity index (χ3n) is 4.30. The minimum Gasteiger partial charge on any atom is -0.481 e. The number of rotatable bonds is 6. The zero-order valence-corrected chi connectivity index (χ0v) is 14.6. The van der Waals surface area contributed by atoms with Crippen molar-refractivity contribution in [3.8, 4) is 0 Å². The number of aromatic nitrogens is 1. The van der Waals surface area contributed by atoms with E-state index in [0.717, 1.165) is 11.4 Å². The topological polar surface area (TPSA) is 62.5 Å². The number of hydrogen-bond acceptors (Lipinski definition) is 2. The lowest BCUT2D eigenvalue weighted by atomic mass is 10.1. The predicted molar refractivity (Wildman–Crippen MR) is 93.2 cm³/mol. The minimum atomic E-state index is -0.899. The highest BCUT2D eigenvalue weighted by atomic mass is 16.4. The van der Waals surface area contributed by atoms with Gasteiger partial charge in [-0.15, -0.1) is 0 Å². The third kappa shape index (κ3) is 3.85. The normalized spacial score (nSPS) is 12.0. The van der Waals surface area contributed by atoms with E-state index in [0.29, 0.717) is 12.1 Å². The highest BCUT2D eigenvalue weighted by Gasteiger charge is 2.22. The Bertz CT molecular complexity index is 735. The molecule has 1 heterocycles. The van der Waals surface area contributed by atoms with Crippen LogP contribution in [0, 0.1) is 19.8 Å². The van der Waals surface area contributed by atoms with Crippen LogP contribution in [0.5, 0.6) is 0 Å². The van der Waals surface area contributed by atoms with Crippen LogP contribution in [0.1, 0.15) is 34.2 Å². The van der Waals surface area contributed by atoms with Crippen molar-refractivity contribution in [2.45, 2.75) is 27.3 Å². The summed E-state index contributed by atoms with van der Waals surface area (Å²) in [5.41, 5.74) is 3.71. The van der Waals surface area contributed by atoms with E-state index in [1.54, 1.807) is 14.0 Å². The lowest BCUT2D eigenvalue weighted by molar-refractivity contribution is -0.141. The van der Waals surface area contributed by atoms with E-state index in [1.165, 1.54) is 10.5 Å². The quantitative estimate of drug-likeness (QED) is 0.887. The highest BCUT2D eigenvalue weighted by Crippen LogP contribution is 2.19. The fourth-order valence-corrected chi connectivity index (χ4v) is 2.80. The van der Waals surface area contributed by atoms with Crippen LogP contribution < -0.4 is 0 Å². The van der Waals surface area contributed by atoms with Gasteiger partial charge in [-0.1, -0.05) is 37.3 Å². The van der Waals surface area contributed by atoms with Gasteiger partial charge in [0, 0.05) is 31.5 Å². The van der Waals surface area contributed by atoms with Gasteiger partial charge in [0.25, 0.3) is 5.91 Å².